The molecule has 0 bridgehead atoms. The minimum absolute atomic E-state index is 0. The predicted molar refractivity (Wildman–Crippen MR) is 94.0 cm³/mol. The van der Waals surface area contributed by atoms with E-state index in [9.17, 15) is 18.0 Å². The average molecular weight is 444 g/mol. The van der Waals surface area contributed by atoms with Crippen LogP contribution in [0.3, 0.4) is 0 Å². The van der Waals surface area contributed by atoms with Gasteiger partial charge in [0.25, 0.3) is 5.91 Å². The molecule has 0 spiro atoms. The molecule has 130 valence electrons. The second-order valence-electron chi connectivity index (χ2n) is 4.52. The molecule has 0 saturated heterocycles. The summed E-state index contributed by atoms with van der Waals surface area (Å²) < 4.78 is 37.2. The highest BCUT2D eigenvalue weighted by Gasteiger charge is 2.30. The van der Waals surface area contributed by atoms with Gasteiger partial charge in [0.2, 0.25) is 0 Å². The number of halogens is 4. The normalized spacial score (nSPS) is 11.6. The number of aliphatic imine (C=N–C) groups is 1. The SMILES string of the molecule is CCCN=C(N)NCCNC(=O)c1ccc(C(F)(F)F)cc1.I. The Hall–Kier alpha value is -1.52. The Kier molecular flexibility index (Phi) is 9.61. The highest BCUT2D eigenvalue weighted by molar-refractivity contribution is 14.0. The van der Waals surface area contributed by atoms with Crippen molar-refractivity contribution < 1.29 is 18.0 Å². The lowest BCUT2D eigenvalue weighted by Gasteiger charge is -2.09. The first kappa shape index (κ1) is 21.5. The van der Waals surface area contributed by atoms with E-state index in [0.29, 0.717) is 19.0 Å². The molecule has 1 aromatic carbocycles. The lowest BCUT2D eigenvalue weighted by atomic mass is 10.1. The van der Waals surface area contributed by atoms with Gasteiger partial charge in [-0.25, -0.2) is 0 Å². The lowest BCUT2D eigenvalue weighted by molar-refractivity contribution is -0.137. The largest absolute Gasteiger partial charge is 0.416 e. The number of nitrogens with one attached hydrogen (secondary N) is 2. The van der Waals surface area contributed by atoms with E-state index in [4.69, 9.17) is 5.73 Å². The number of nitrogens with zero attached hydrogens (tertiary/aromatic N) is 1. The zero-order chi connectivity index (χ0) is 16.6. The molecule has 0 aliphatic heterocycles. The fourth-order valence-corrected chi connectivity index (χ4v) is 1.57. The molecular formula is C14H20F3IN4O. The Morgan fingerprint density at radius 2 is 1.74 bits per heavy atom. The maximum Gasteiger partial charge on any atom is 0.416 e. The van der Waals surface area contributed by atoms with Crippen molar-refractivity contribution in [2.24, 2.45) is 10.7 Å². The van der Waals surface area contributed by atoms with Crippen LogP contribution in [0.25, 0.3) is 0 Å². The molecule has 0 aliphatic carbocycles. The quantitative estimate of drug-likeness (QED) is 0.273. The third-order valence-corrected chi connectivity index (χ3v) is 2.70. The zero-order valence-corrected chi connectivity index (χ0v) is 14.9. The summed E-state index contributed by atoms with van der Waals surface area (Å²) in [5, 5.41) is 5.39. The Bertz CT molecular complexity index is 518. The maximum atomic E-state index is 12.4. The first-order chi connectivity index (χ1) is 10.3. The monoisotopic (exact) mass is 444 g/mol. The molecule has 0 radical (unpaired) electrons. The van der Waals surface area contributed by atoms with Crippen LogP contribution >= 0.6 is 24.0 Å². The summed E-state index contributed by atoms with van der Waals surface area (Å²) >= 11 is 0. The zero-order valence-electron chi connectivity index (χ0n) is 12.6. The molecule has 0 fully saturated rings. The average Bonchev–Trinajstić information content (AvgIpc) is 2.48. The molecule has 1 aromatic rings. The van der Waals surface area contributed by atoms with Gasteiger partial charge < -0.3 is 16.4 Å². The molecule has 5 nitrogen and oxygen atoms in total. The molecule has 4 N–H and O–H groups in total. The summed E-state index contributed by atoms with van der Waals surface area (Å²) in [4.78, 5) is 15.8. The second-order valence-corrected chi connectivity index (χ2v) is 4.52. The third-order valence-electron chi connectivity index (χ3n) is 2.70. The number of hydrogen-bond acceptors (Lipinski definition) is 2. The number of carbonyl (C=O) groups is 1. The van der Waals surface area contributed by atoms with Gasteiger partial charge in [-0.15, -0.1) is 24.0 Å². The molecule has 0 saturated carbocycles. The molecule has 0 aromatic heterocycles. The van der Waals surface area contributed by atoms with Crippen molar-refractivity contribution in [1.29, 1.82) is 0 Å². The topological polar surface area (TPSA) is 79.5 Å². The molecule has 1 rings (SSSR count). The van der Waals surface area contributed by atoms with E-state index < -0.39 is 17.6 Å². The first-order valence-electron chi connectivity index (χ1n) is 6.84. The summed E-state index contributed by atoms with van der Waals surface area (Å²) in [5.41, 5.74) is 4.95. The summed E-state index contributed by atoms with van der Waals surface area (Å²) in [5.74, 6) is -0.148. The van der Waals surface area contributed by atoms with E-state index in [2.05, 4.69) is 15.6 Å². The maximum absolute atomic E-state index is 12.4. The summed E-state index contributed by atoms with van der Waals surface area (Å²) in [6, 6.07) is 4.04. The Morgan fingerprint density at radius 3 is 2.26 bits per heavy atom. The van der Waals surface area contributed by atoms with Gasteiger partial charge in [-0.2, -0.15) is 13.2 Å². The van der Waals surface area contributed by atoms with Crippen molar-refractivity contribution in [1.82, 2.24) is 10.6 Å². The van der Waals surface area contributed by atoms with Crippen LogP contribution in [0, 0.1) is 0 Å². The van der Waals surface area contributed by atoms with Crippen molar-refractivity contribution in [3.05, 3.63) is 35.4 Å². The summed E-state index contributed by atoms with van der Waals surface area (Å²) in [6.45, 7) is 3.26. The van der Waals surface area contributed by atoms with Crippen LogP contribution in [0.4, 0.5) is 13.2 Å². The standard InChI is InChI=1S/C14H19F3N4O.HI/c1-2-7-20-13(18)21-9-8-19-12(22)10-3-5-11(6-4-10)14(15,16)17;/h3-6H,2,7-9H2,1H3,(H,19,22)(H3,18,20,21);1H. The van der Waals surface area contributed by atoms with E-state index in [-0.39, 0.29) is 36.1 Å². The fraction of sp³-hybridized carbons (Fsp3) is 0.429. The van der Waals surface area contributed by atoms with E-state index in [1.807, 2.05) is 6.92 Å². The van der Waals surface area contributed by atoms with Crippen LogP contribution in [0.1, 0.15) is 29.3 Å². The van der Waals surface area contributed by atoms with E-state index in [0.717, 1.165) is 30.7 Å². The number of amides is 1. The first-order valence-corrected chi connectivity index (χ1v) is 6.84. The number of hydrogen-bond donors (Lipinski definition) is 3. The smallest absolute Gasteiger partial charge is 0.370 e. The van der Waals surface area contributed by atoms with Crippen molar-refractivity contribution in [2.75, 3.05) is 19.6 Å². The van der Waals surface area contributed by atoms with Gasteiger partial charge in [0.05, 0.1) is 5.56 Å². The number of guanidine groups is 1. The molecular weight excluding hydrogens is 424 g/mol. The molecule has 9 heteroatoms. The molecule has 23 heavy (non-hydrogen) atoms. The predicted octanol–water partition coefficient (Wildman–Crippen LogP) is 2.37. The number of nitrogens with two attached hydrogens (primary N) is 1. The molecule has 1 amide bonds. The molecule has 0 heterocycles. The summed E-state index contributed by atoms with van der Waals surface area (Å²) in [6.07, 6.45) is -3.53. The van der Waals surface area contributed by atoms with Crippen LogP contribution in [-0.2, 0) is 6.18 Å². The number of alkyl halides is 3. The van der Waals surface area contributed by atoms with Crippen molar-refractivity contribution in [2.45, 2.75) is 19.5 Å². The van der Waals surface area contributed by atoms with Crippen molar-refractivity contribution in [3.63, 3.8) is 0 Å². The number of rotatable bonds is 6. The fourth-order valence-electron chi connectivity index (χ4n) is 1.57. The van der Waals surface area contributed by atoms with E-state index in [1.54, 1.807) is 0 Å². The van der Waals surface area contributed by atoms with Crippen molar-refractivity contribution >= 4 is 35.8 Å². The highest BCUT2D eigenvalue weighted by Crippen LogP contribution is 2.28. The van der Waals surface area contributed by atoms with E-state index >= 15 is 0 Å². The van der Waals surface area contributed by atoms with Gasteiger partial charge >= 0.3 is 6.18 Å². The van der Waals surface area contributed by atoms with Gasteiger partial charge in [-0.3, -0.25) is 9.79 Å². The van der Waals surface area contributed by atoms with Gasteiger partial charge in [0.1, 0.15) is 0 Å². The van der Waals surface area contributed by atoms with Crippen molar-refractivity contribution in [3.8, 4) is 0 Å². The molecule has 0 aliphatic rings. The second kappa shape index (κ2) is 10.3. The van der Waals surface area contributed by atoms with Gasteiger partial charge in [0, 0.05) is 25.2 Å². The molecule has 0 atom stereocenters. The Balaban J connectivity index is 0.00000484. The summed E-state index contributed by atoms with van der Waals surface area (Å²) in [7, 11) is 0. The van der Waals surface area contributed by atoms with Crippen LogP contribution < -0.4 is 16.4 Å². The van der Waals surface area contributed by atoms with Crippen LogP contribution in [0.15, 0.2) is 29.3 Å². The highest BCUT2D eigenvalue weighted by atomic mass is 127. The van der Waals surface area contributed by atoms with Crippen LogP contribution in [-0.4, -0.2) is 31.5 Å². The Labute approximate surface area is 149 Å². The van der Waals surface area contributed by atoms with E-state index in [1.165, 1.54) is 0 Å². The van der Waals surface area contributed by atoms with Crippen LogP contribution in [0.5, 0.6) is 0 Å². The van der Waals surface area contributed by atoms with Gasteiger partial charge in [-0.05, 0) is 30.7 Å². The third kappa shape index (κ3) is 8.05. The molecule has 0 unspecified atom stereocenters. The minimum Gasteiger partial charge on any atom is -0.370 e. The minimum atomic E-state index is -4.41. The van der Waals surface area contributed by atoms with Gasteiger partial charge in [-0.1, -0.05) is 6.92 Å². The number of carbonyl (C=O) groups excluding carboxylic acids is 1. The Morgan fingerprint density at radius 1 is 1.17 bits per heavy atom. The lowest BCUT2D eigenvalue weighted by Crippen LogP contribution is -2.38. The van der Waals surface area contributed by atoms with Crippen LogP contribution in [0.2, 0.25) is 0 Å². The number of benzene rings is 1. The van der Waals surface area contributed by atoms with Gasteiger partial charge in [0.15, 0.2) is 5.96 Å².